The van der Waals surface area contributed by atoms with Crippen molar-refractivity contribution in [2.75, 3.05) is 20.3 Å². The van der Waals surface area contributed by atoms with Gasteiger partial charge in [0, 0.05) is 36.3 Å². The smallest absolute Gasteiger partial charge is 0.242 e. The van der Waals surface area contributed by atoms with Crippen LogP contribution in [-0.4, -0.2) is 46.8 Å². The Hall–Kier alpha value is -2.01. The van der Waals surface area contributed by atoms with Gasteiger partial charge in [-0.25, -0.2) is 0 Å². The fourth-order valence-electron chi connectivity index (χ4n) is 3.46. The molecule has 2 heterocycles. The number of likely N-dealkylation sites (tertiary alicyclic amines) is 1. The molecule has 1 saturated heterocycles. The molecule has 0 radical (unpaired) electrons. The average molecular weight is 316 g/mol. The van der Waals surface area contributed by atoms with Crippen LogP contribution >= 0.6 is 0 Å². The number of aliphatic hydroxyl groups excluding tert-OH is 1. The van der Waals surface area contributed by atoms with E-state index in [0.717, 1.165) is 42.5 Å². The topological polar surface area (TPSA) is 54.7 Å². The summed E-state index contributed by atoms with van der Waals surface area (Å²) in [7, 11) is 1.65. The number of hydrogen-bond donors (Lipinski definition) is 1. The lowest BCUT2D eigenvalue weighted by Crippen LogP contribution is -2.45. The molecule has 1 N–H and O–H groups in total. The van der Waals surface area contributed by atoms with Gasteiger partial charge < -0.3 is 19.3 Å². The first kappa shape index (κ1) is 15.9. The van der Waals surface area contributed by atoms with Crippen molar-refractivity contribution in [2.24, 2.45) is 0 Å². The summed E-state index contributed by atoms with van der Waals surface area (Å²) in [5.41, 5.74) is 1.04. The van der Waals surface area contributed by atoms with Crippen molar-refractivity contribution >= 4 is 16.8 Å². The molecule has 5 heteroatoms. The Morgan fingerprint density at radius 3 is 3.00 bits per heavy atom. The molecule has 0 spiro atoms. The van der Waals surface area contributed by atoms with Crippen molar-refractivity contribution in [3.63, 3.8) is 0 Å². The molecule has 1 aliphatic rings. The number of ether oxygens (including phenoxy) is 1. The number of fused-ring (bicyclic) bond motifs is 1. The Morgan fingerprint density at radius 2 is 2.22 bits per heavy atom. The second-order valence-corrected chi connectivity index (χ2v) is 6.12. The molecule has 0 saturated carbocycles. The minimum absolute atomic E-state index is 0.136. The zero-order chi connectivity index (χ0) is 16.2. The standard InChI is InChI=1S/C18H24N2O3/c1-23-16-5-6-17-14(12-16)7-10-19(17)13-18(22)20-9-3-2-4-15(20)8-11-21/h5-7,10,12,15,21H,2-4,8-9,11,13H2,1H3. The highest BCUT2D eigenvalue weighted by molar-refractivity contribution is 5.84. The van der Waals surface area contributed by atoms with E-state index in [4.69, 9.17) is 4.74 Å². The van der Waals surface area contributed by atoms with Crippen molar-refractivity contribution in [1.82, 2.24) is 9.47 Å². The quantitative estimate of drug-likeness (QED) is 0.921. The molecule has 1 unspecified atom stereocenters. The number of carbonyl (C=O) groups excluding carboxylic acids is 1. The molecule has 1 fully saturated rings. The molecule has 0 bridgehead atoms. The molecule has 1 aromatic carbocycles. The first-order valence-electron chi connectivity index (χ1n) is 8.26. The Bertz CT molecular complexity index is 678. The highest BCUT2D eigenvalue weighted by atomic mass is 16.5. The lowest BCUT2D eigenvalue weighted by molar-refractivity contribution is -0.135. The maximum absolute atomic E-state index is 12.7. The second kappa shape index (κ2) is 7.04. The number of aromatic nitrogens is 1. The van der Waals surface area contributed by atoms with E-state index in [9.17, 15) is 9.90 Å². The van der Waals surface area contributed by atoms with E-state index in [1.807, 2.05) is 39.9 Å². The summed E-state index contributed by atoms with van der Waals surface area (Å²) in [5.74, 6) is 0.956. The number of benzene rings is 1. The minimum Gasteiger partial charge on any atom is -0.497 e. The van der Waals surface area contributed by atoms with Gasteiger partial charge in [0.25, 0.3) is 0 Å². The van der Waals surface area contributed by atoms with E-state index in [1.54, 1.807) is 7.11 Å². The summed E-state index contributed by atoms with van der Waals surface area (Å²) >= 11 is 0. The zero-order valence-electron chi connectivity index (χ0n) is 13.6. The van der Waals surface area contributed by atoms with Crippen molar-refractivity contribution in [1.29, 1.82) is 0 Å². The van der Waals surface area contributed by atoms with E-state index in [1.165, 1.54) is 0 Å². The molecule has 2 aromatic rings. The molecule has 3 rings (SSSR count). The molecule has 1 aromatic heterocycles. The predicted octanol–water partition coefficient (Wildman–Crippen LogP) is 2.41. The summed E-state index contributed by atoms with van der Waals surface area (Å²) in [5, 5.41) is 10.3. The van der Waals surface area contributed by atoms with Crippen LogP contribution in [-0.2, 0) is 11.3 Å². The third kappa shape index (κ3) is 3.34. The van der Waals surface area contributed by atoms with Gasteiger partial charge in [-0.15, -0.1) is 0 Å². The van der Waals surface area contributed by atoms with Crippen LogP contribution in [0.15, 0.2) is 30.5 Å². The van der Waals surface area contributed by atoms with Crippen molar-refractivity contribution < 1.29 is 14.6 Å². The first-order valence-corrected chi connectivity index (χ1v) is 8.26. The summed E-state index contributed by atoms with van der Waals surface area (Å²) in [6, 6.07) is 8.07. The zero-order valence-corrected chi connectivity index (χ0v) is 13.6. The van der Waals surface area contributed by atoms with Crippen LogP contribution in [0.1, 0.15) is 25.7 Å². The van der Waals surface area contributed by atoms with E-state index in [2.05, 4.69) is 0 Å². The SMILES string of the molecule is COc1ccc2c(ccn2CC(=O)N2CCCCC2CCO)c1. The molecular formula is C18H24N2O3. The Balaban J connectivity index is 1.76. The lowest BCUT2D eigenvalue weighted by Gasteiger charge is -2.35. The number of piperidine rings is 1. The third-order valence-corrected chi connectivity index (χ3v) is 4.69. The summed E-state index contributed by atoms with van der Waals surface area (Å²) in [4.78, 5) is 14.7. The number of methoxy groups -OCH3 is 1. The molecule has 5 nitrogen and oxygen atoms in total. The number of amides is 1. The lowest BCUT2D eigenvalue weighted by atomic mass is 9.99. The molecule has 124 valence electrons. The second-order valence-electron chi connectivity index (χ2n) is 6.12. The van der Waals surface area contributed by atoms with Crippen LogP contribution in [0.4, 0.5) is 0 Å². The van der Waals surface area contributed by atoms with Crippen molar-refractivity contribution in [3.8, 4) is 5.75 Å². The van der Waals surface area contributed by atoms with Gasteiger partial charge in [-0.1, -0.05) is 0 Å². The maximum Gasteiger partial charge on any atom is 0.242 e. The Morgan fingerprint density at radius 1 is 1.35 bits per heavy atom. The van der Waals surface area contributed by atoms with Gasteiger partial charge >= 0.3 is 0 Å². The Kier molecular flexibility index (Phi) is 4.86. The molecular weight excluding hydrogens is 292 g/mol. The highest BCUT2D eigenvalue weighted by Crippen LogP contribution is 2.23. The van der Waals surface area contributed by atoms with Gasteiger partial charge in [0.1, 0.15) is 12.3 Å². The maximum atomic E-state index is 12.7. The number of aliphatic hydroxyl groups is 1. The van der Waals surface area contributed by atoms with Crippen molar-refractivity contribution in [2.45, 2.75) is 38.3 Å². The van der Waals surface area contributed by atoms with Crippen LogP contribution in [0.3, 0.4) is 0 Å². The summed E-state index contributed by atoms with van der Waals surface area (Å²) < 4.78 is 7.23. The third-order valence-electron chi connectivity index (χ3n) is 4.69. The Labute approximate surface area is 136 Å². The first-order chi connectivity index (χ1) is 11.2. The predicted molar refractivity (Wildman–Crippen MR) is 89.5 cm³/mol. The summed E-state index contributed by atoms with van der Waals surface area (Å²) in [6.45, 7) is 1.29. The highest BCUT2D eigenvalue weighted by Gasteiger charge is 2.26. The number of hydrogen-bond acceptors (Lipinski definition) is 3. The number of rotatable bonds is 5. The van der Waals surface area contributed by atoms with Crippen LogP contribution in [0.2, 0.25) is 0 Å². The van der Waals surface area contributed by atoms with Crippen LogP contribution in [0.5, 0.6) is 5.75 Å². The largest absolute Gasteiger partial charge is 0.497 e. The molecule has 0 aliphatic carbocycles. The van der Waals surface area contributed by atoms with E-state index in [0.29, 0.717) is 13.0 Å². The number of nitrogens with zero attached hydrogens (tertiary/aromatic N) is 2. The average Bonchev–Trinajstić information content (AvgIpc) is 2.97. The van der Waals surface area contributed by atoms with E-state index in [-0.39, 0.29) is 18.6 Å². The molecule has 23 heavy (non-hydrogen) atoms. The number of carbonyl (C=O) groups is 1. The van der Waals surface area contributed by atoms with Gasteiger partial charge in [0.05, 0.1) is 7.11 Å². The van der Waals surface area contributed by atoms with Crippen LogP contribution in [0.25, 0.3) is 10.9 Å². The van der Waals surface area contributed by atoms with E-state index >= 15 is 0 Å². The van der Waals surface area contributed by atoms with E-state index < -0.39 is 0 Å². The van der Waals surface area contributed by atoms with Gasteiger partial charge in [0.15, 0.2) is 0 Å². The van der Waals surface area contributed by atoms with Gasteiger partial charge in [-0.3, -0.25) is 4.79 Å². The van der Waals surface area contributed by atoms with Gasteiger partial charge in [-0.05, 0) is 49.9 Å². The molecule has 1 amide bonds. The van der Waals surface area contributed by atoms with Crippen molar-refractivity contribution in [3.05, 3.63) is 30.5 Å². The minimum atomic E-state index is 0.136. The molecule has 1 aliphatic heterocycles. The molecule has 1 atom stereocenters. The normalized spacial score (nSPS) is 18.3. The van der Waals surface area contributed by atoms with Crippen LogP contribution < -0.4 is 4.74 Å². The van der Waals surface area contributed by atoms with Gasteiger partial charge in [0.2, 0.25) is 5.91 Å². The monoisotopic (exact) mass is 316 g/mol. The summed E-state index contributed by atoms with van der Waals surface area (Å²) in [6.07, 6.45) is 5.82. The fourth-order valence-corrected chi connectivity index (χ4v) is 3.46. The van der Waals surface area contributed by atoms with Crippen LogP contribution in [0, 0.1) is 0 Å². The van der Waals surface area contributed by atoms with Gasteiger partial charge in [-0.2, -0.15) is 0 Å². The fraction of sp³-hybridized carbons (Fsp3) is 0.500.